The van der Waals surface area contributed by atoms with Gasteiger partial charge in [-0.05, 0) is 47.9 Å². The Morgan fingerprint density at radius 2 is 1.70 bits per heavy atom. The lowest BCUT2D eigenvalue weighted by Crippen LogP contribution is -2.35. The minimum Gasteiger partial charge on any atom is -0.495 e. The monoisotopic (exact) mass is 455 g/mol. The Labute approximate surface area is 176 Å². The number of carbonyl (C=O) groups is 1. The van der Waals surface area contributed by atoms with Gasteiger partial charge in [-0.15, -0.1) is 0 Å². The number of rotatable bonds is 8. The molecule has 0 aliphatic carbocycles. The zero-order valence-electron chi connectivity index (χ0n) is 17.1. The lowest BCUT2D eigenvalue weighted by atomic mass is 10.0. The van der Waals surface area contributed by atoms with Crippen molar-refractivity contribution in [3.05, 3.63) is 48.0 Å². The van der Waals surface area contributed by atoms with E-state index in [0.29, 0.717) is 5.69 Å². The second-order valence-electron chi connectivity index (χ2n) is 6.94. The number of nitrogens with zero attached hydrogens (tertiary/aromatic N) is 1. The fraction of sp³-hybridized carbons (Fsp3) is 0.316. The van der Waals surface area contributed by atoms with Crippen molar-refractivity contribution in [3.63, 3.8) is 0 Å². The maximum absolute atomic E-state index is 13.0. The zero-order valence-corrected chi connectivity index (χ0v) is 18.7. The first-order valence-corrected chi connectivity index (χ1v) is 11.9. The van der Waals surface area contributed by atoms with Crippen LogP contribution in [0.2, 0.25) is 0 Å². The van der Waals surface area contributed by atoms with Gasteiger partial charge in [-0.25, -0.2) is 22.0 Å². The maximum Gasteiger partial charge on any atom is 0.246 e. The van der Waals surface area contributed by atoms with Gasteiger partial charge in [0.05, 0.1) is 18.6 Å². The third-order valence-corrected chi connectivity index (χ3v) is 7.13. The van der Waals surface area contributed by atoms with Gasteiger partial charge in [0.2, 0.25) is 26.0 Å². The van der Waals surface area contributed by atoms with Crippen molar-refractivity contribution in [3.8, 4) is 5.75 Å². The second kappa shape index (κ2) is 9.13. The van der Waals surface area contributed by atoms with Crippen LogP contribution in [0.25, 0.3) is 0 Å². The van der Waals surface area contributed by atoms with E-state index in [1.807, 2.05) is 13.8 Å². The summed E-state index contributed by atoms with van der Waals surface area (Å²) in [5, 5.41) is 7.55. The molecule has 3 N–H and O–H groups in total. The van der Waals surface area contributed by atoms with Gasteiger partial charge in [0.1, 0.15) is 10.6 Å². The Morgan fingerprint density at radius 3 is 2.20 bits per heavy atom. The average Bonchev–Trinajstić information content (AvgIpc) is 2.66. The Kier molecular flexibility index (Phi) is 7.24. The summed E-state index contributed by atoms with van der Waals surface area (Å²) in [7, 11) is -5.18. The molecule has 2 rings (SSSR count). The van der Waals surface area contributed by atoms with E-state index in [-0.39, 0.29) is 21.5 Å². The summed E-state index contributed by atoms with van der Waals surface area (Å²) in [6.07, 6.45) is 0. The molecule has 30 heavy (non-hydrogen) atoms. The predicted octanol–water partition coefficient (Wildman–Crippen LogP) is 1.73. The highest BCUT2D eigenvalue weighted by atomic mass is 32.2. The van der Waals surface area contributed by atoms with Crippen LogP contribution >= 0.6 is 0 Å². The molecule has 0 aliphatic heterocycles. The van der Waals surface area contributed by atoms with E-state index in [1.54, 1.807) is 18.2 Å². The van der Waals surface area contributed by atoms with Crippen molar-refractivity contribution in [1.29, 1.82) is 0 Å². The van der Waals surface area contributed by atoms with Crippen molar-refractivity contribution < 1.29 is 26.4 Å². The number of sulfonamides is 2. The zero-order chi connectivity index (χ0) is 22.7. The molecule has 0 fully saturated rings. The van der Waals surface area contributed by atoms with Crippen LogP contribution in [0.3, 0.4) is 0 Å². The van der Waals surface area contributed by atoms with E-state index in [1.165, 1.54) is 38.4 Å². The van der Waals surface area contributed by atoms with Crippen LogP contribution in [0.4, 0.5) is 5.69 Å². The van der Waals surface area contributed by atoms with Gasteiger partial charge in [-0.3, -0.25) is 4.79 Å². The van der Waals surface area contributed by atoms with E-state index in [2.05, 4.69) is 5.32 Å². The van der Waals surface area contributed by atoms with Gasteiger partial charge in [-0.2, -0.15) is 4.31 Å². The molecule has 11 heteroatoms. The van der Waals surface area contributed by atoms with Crippen LogP contribution in [0, 0.1) is 0 Å². The number of anilines is 1. The SMILES string of the molecule is COc1ccc(C(C)C)cc1S(=O)(=O)N(C)CC(=O)Nc1ccc(S(N)(=O)=O)cc1. The second-order valence-corrected chi connectivity index (χ2v) is 10.5. The minimum atomic E-state index is -4.00. The van der Waals surface area contributed by atoms with E-state index in [0.717, 1.165) is 9.87 Å². The quantitative estimate of drug-likeness (QED) is 0.622. The summed E-state index contributed by atoms with van der Waals surface area (Å²) >= 11 is 0. The molecular weight excluding hydrogens is 430 g/mol. The summed E-state index contributed by atoms with van der Waals surface area (Å²) in [5.41, 5.74) is 1.12. The number of nitrogens with two attached hydrogens (primary N) is 1. The van der Waals surface area contributed by atoms with Crippen molar-refractivity contribution in [1.82, 2.24) is 4.31 Å². The number of benzene rings is 2. The Hall–Kier alpha value is -2.47. The molecule has 0 radical (unpaired) electrons. The van der Waals surface area contributed by atoms with E-state index < -0.39 is 32.5 Å². The van der Waals surface area contributed by atoms with Crippen LogP contribution < -0.4 is 15.2 Å². The first kappa shape index (κ1) is 23.8. The number of methoxy groups -OCH3 is 1. The molecule has 0 aromatic heterocycles. The Balaban J connectivity index is 2.19. The van der Waals surface area contributed by atoms with Gasteiger partial charge >= 0.3 is 0 Å². The molecular formula is C19H25N3O6S2. The fourth-order valence-corrected chi connectivity index (χ4v) is 4.47. The first-order valence-electron chi connectivity index (χ1n) is 8.93. The van der Waals surface area contributed by atoms with Gasteiger partial charge in [0, 0.05) is 12.7 Å². The van der Waals surface area contributed by atoms with Crippen LogP contribution in [-0.2, 0) is 24.8 Å². The van der Waals surface area contributed by atoms with Gasteiger partial charge in [0.15, 0.2) is 0 Å². The molecule has 9 nitrogen and oxygen atoms in total. The largest absolute Gasteiger partial charge is 0.495 e. The van der Waals surface area contributed by atoms with Crippen molar-refractivity contribution in [2.24, 2.45) is 5.14 Å². The summed E-state index contributed by atoms with van der Waals surface area (Å²) in [6, 6.07) is 10.1. The number of hydrogen-bond acceptors (Lipinski definition) is 6. The molecule has 0 atom stereocenters. The summed E-state index contributed by atoms with van der Waals surface area (Å²) in [5.74, 6) is -0.299. The number of primary sulfonamides is 1. The highest BCUT2D eigenvalue weighted by Gasteiger charge is 2.27. The normalized spacial score (nSPS) is 12.2. The number of carbonyl (C=O) groups excluding carboxylic acids is 1. The number of amides is 1. The van der Waals surface area contributed by atoms with Crippen LogP contribution in [0.5, 0.6) is 5.75 Å². The van der Waals surface area contributed by atoms with Crippen molar-refractivity contribution in [2.45, 2.75) is 29.6 Å². The highest BCUT2D eigenvalue weighted by Crippen LogP contribution is 2.29. The number of ether oxygens (including phenoxy) is 1. The molecule has 0 saturated carbocycles. The molecule has 2 aromatic carbocycles. The summed E-state index contributed by atoms with van der Waals surface area (Å²) < 4.78 is 54.7. The van der Waals surface area contributed by atoms with Crippen molar-refractivity contribution >= 4 is 31.6 Å². The molecule has 0 spiro atoms. The van der Waals surface area contributed by atoms with Gasteiger partial charge < -0.3 is 10.1 Å². The van der Waals surface area contributed by atoms with Gasteiger partial charge in [0.25, 0.3) is 0 Å². The minimum absolute atomic E-state index is 0.0241. The van der Waals surface area contributed by atoms with Crippen molar-refractivity contribution in [2.75, 3.05) is 26.0 Å². The maximum atomic E-state index is 13.0. The Bertz CT molecular complexity index is 1130. The van der Waals surface area contributed by atoms with E-state index in [9.17, 15) is 21.6 Å². The smallest absolute Gasteiger partial charge is 0.246 e. The molecule has 164 valence electrons. The summed E-state index contributed by atoms with van der Waals surface area (Å²) in [4.78, 5) is 12.2. The lowest BCUT2D eigenvalue weighted by Gasteiger charge is -2.20. The third kappa shape index (κ3) is 5.57. The average molecular weight is 456 g/mol. The van der Waals surface area contributed by atoms with E-state index >= 15 is 0 Å². The molecule has 0 aliphatic rings. The predicted molar refractivity (Wildman–Crippen MR) is 113 cm³/mol. The van der Waals surface area contributed by atoms with Crippen LogP contribution in [-0.4, -0.2) is 47.8 Å². The topological polar surface area (TPSA) is 136 Å². The molecule has 2 aromatic rings. The number of hydrogen-bond donors (Lipinski definition) is 2. The molecule has 0 saturated heterocycles. The molecule has 0 bridgehead atoms. The fourth-order valence-electron chi connectivity index (χ4n) is 2.64. The number of likely N-dealkylation sites (N-methyl/N-ethyl adjacent to an activating group) is 1. The summed E-state index contributed by atoms with van der Waals surface area (Å²) in [6.45, 7) is 3.43. The molecule has 1 amide bonds. The first-order chi connectivity index (χ1) is 13.9. The molecule has 0 unspecified atom stereocenters. The third-order valence-electron chi connectivity index (χ3n) is 4.38. The molecule has 0 heterocycles. The highest BCUT2D eigenvalue weighted by molar-refractivity contribution is 7.89. The van der Waals surface area contributed by atoms with Gasteiger partial charge in [-0.1, -0.05) is 19.9 Å². The Morgan fingerprint density at radius 1 is 1.10 bits per heavy atom. The number of nitrogens with one attached hydrogen (secondary N) is 1. The van der Waals surface area contributed by atoms with E-state index in [4.69, 9.17) is 9.88 Å². The van der Waals surface area contributed by atoms with Crippen LogP contribution in [0.1, 0.15) is 25.3 Å². The van der Waals surface area contributed by atoms with Crippen LogP contribution in [0.15, 0.2) is 52.3 Å². The lowest BCUT2D eigenvalue weighted by molar-refractivity contribution is -0.116. The standard InChI is InChI=1S/C19H25N3O6S2/c1-13(2)14-5-10-17(28-4)18(11-14)30(26,27)22(3)12-19(23)21-15-6-8-16(9-7-15)29(20,24)25/h5-11,13H,12H2,1-4H3,(H,21,23)(H2,20,24,25).